The highest BCUT2D eigenvalue weighted by Crippen LogP contribution is 2.37. The lowest BCUT2D eigenvalue weighted by molar-refractivity contribution is 0.477. The van der Waals surface area contributed by atoms with E-state index in [9.17, 15) is 9.90 Å². The van der Waals surface area contributed by atoms with Crippen LogP contribution in [-0.4, -0.2) is 24.7 Å². The largest absolute Gasteiger partial charge is 0.507 e. The molecule has 4 aromatic rings. The summed E-state index contributed by atoms with van der Waals surface area (Å²) in [6, 6.07) is 6.90. The minimum atomic E-state index is -0.301. The Labute approximate surface area is 140 Å². The molecule has 0 saturated carbocycles. The van der Waals surface area contributed by atoms with Gasteiger partial charge < -0.3 is 5.11 Å². The smallest absolute Gasteiger partial charge is 0.349 e. The van der Waals surface area contributed by atoms with E-state index in [0.717, 1.165) is 29.5 Å². The Bertz CT molecular complexity index is 1150. The standard InChI is InChI=1S/C17H14N4O2S/c22-11-7-3-1-5-9(11)14-18-15-13-10-6-2-4-8-12(10)24-16(13)19-17(23)21(15)20-14/h1,3,5,7,22H,2,4,6,8H2,(H,19,23). The number of nitrogens with zero attached hydrogens (tertiary/aromatic N) is 3. The van der Waals surface area contributed by atoms with Crippen LogP contribution >= 0.6 is 11.3 Å². The van der Waals surface area contributed by atoms with Crippen LogP contribution in [0, 0.1) is 0 Å². The number of nitrogens with one attached hydrogen (secondary N) is 1. The molecule has 24 heavy (non-hydrogen) atoms. The molecule has 0 radical (unpaired) electrons. The summed E-state index contributed by atoms with van der Waals surface area (Å²) >= 11 is 1.65. The summed E-state index contributed by atoms with van der Waals surface area (Å²) in [4.78, 5) is 22.1. The molecule has 0 saturated heterocycles. The van der Waals surface area contributed by atoms with E-state index in [1.807, 2.05) is 6.07 Å². The number of hydrogen-bond donors (Lipinski definition) is 2. The molecule has 3 heterocycles. The Kier molecular flexibility index (Phi) is 2.81. The number of thiophene rings is 1. The fourth-order valence-corrected chi connectivity index (χ4v) is 4.71. The third kappa shape index (κ3) is 1.85. The van der Waals surface area contributed by atoms with Crippen LogP contribution < -0.4 is 5.69 Å². The monoisotopic (exact) mass is 338 g/mol. The van der Waals surface area contributed by atoms with Crippen LogP contribution in [0.25, 0.3) is 27.3 Å². The number of aryl methyl sites for hydroxylation is 2. The lowest BCUT2D eigenvalue weighted by Gasteiger charge is -2.09. The zero-order chi connectivity index (χ0) is 16.3. The molecule has 2 N–H and O–H groups in total. The molecule has 5 rings (SSSR count). The van der Waals surface area contributed by atoms with E-state index in [2.05, 4.69) is 15.1 Å². The van der Waals surface area contributed by atoms with Crippen LogP contribution in [0.5, 0.6) is 5.75 Å². The van der Waals surface area contributed by atoms with Gasteiger partial charge >= 0.3 is 5.69 Å². The SMILES string of the molecule is O=c1[nH]c2sc3c(c2c2nc(-c4ccccc4O)nn12)CCCC3. The highest BCUT2D eigenvalue weighted by Gasteiger charge is 2.22. The zero-order valence-electron chi connectivity index (χ0n) is 12.7. The number of aromatic hydroxyl groups is 1. The van der Waals surface area contributed by atoms with Crippen LogP contribution in [0.2, 0.25) is 0 Å². The lowest BCUT2D eigenvalue weighted by atomic mass is 9.97. The van der Waals surface area contributed by atoms with Crippen LogP contribution in [0.4, 0.5) is 0 Å². The van der Waals surface area contributed by atoms with Gasteiger partial charge in [-0.15, -0.1) is 16.4 Å². The molecule has 3 aromatic heterocycles. The quantitative estimate of drug-likeness (QED) is 0.559. The van der Waals surface area contributed by atoms with Crippen LogP contribution in [-0.2, 0) is 12.8 Å². The van der Waals surface area contributed by atoms with Gasteiger partial charge in [-0.2, -0.15) is 4.52 Å². The number of phenolic OH excluding ortho intramolecular Hbond substituents is 1. The number of benzene rings is 1. The second-order valence-corrected chi connectivity index (χ2v) is 7.14. The lowest BCUT2D eigenvalue weighted by Crippen LogP contribution is -2.17. The molecule has 0 atom stereocenters. The van der Waals surface area contributed by atoms with Crippen molar-refractivity contribution in [3.8, 4) is 17.1 Å². The normalized spacial score (nSPS) is 14.3. The number of phenols is 1. The molecule has 6 nitrogen and oxygen atoms in total. The fraction of sp³-hybridized carbons (Fsp3) is 0.235. The van der Waals surface area contributed by atoms with E-state index >= 15 is 0 Å². The first-order valence-electron chi connectivity index (χ1n) is 7.94. The van der Waals surface area contributed by atoms with Gasteiger partial charge in [-0.3, -0.25) is 4.98 Å². The number of aromatic amines is 1. The van der Waals surface area contributed by atoms with Gasteiger partial charge in [0, 0.05) is 4.88 Å². The van der Waals surface area contributed by atoms with Crippen molar-refractivity contribution in [2.45, 2.75) is 25.7 Å². The second-order valence-electron chi connectivity index (χ2n) is 6.03. The summed E-state index contributed by atoms with van der Waals surface area (Å²) in [5.41, 5.74) is 2.09. The second kappa shape index (κ2) is 4.91. The third-order valence-electron chi connectivity index (χ3n) is 4.56. The van der Waals surface area contributed by atoms with Gasteiger partial charge in [-0.1, -0.05) is 12.1 Å². The van der Waals surface area contributed by atoms with E-state index in [0.29, 0.717) is 17.0 Å². The van der Waals surface area contributed by atoms with Crippen molar-refractivity contribution < 1.29 is 5.11 Å². The molecule has 0 amide bonds. The average Bonchev–Trinajstić information content (AvgIpc) is 3.16. The summed E-state index contributed by atoms with van der Waals surface area (Å²) in [6.45, 7) is 0. The molecule has 0 aliphatic heterocycles. The molecule has 1 aliphatic rings. The molecule has 0 fully saturated rings. The van der Waals surface area contributed by atoms with Crippen molar-refractivity contribution in [2.24, 2.45) is 0 Å². The summed E-state index contributed by atoms with van der Waals surface area (Å²) in [7, 11) is 0. The number of hydrogen-bond acceptors (Lipinski definition) is 5. The highest BCUT2D eigenvalue weighted by atomic mass is 32.1. The van der Waals surface area contributed by atoms with Gasteiger partial charge in [0.1, 0.15) is 10.6 Å². The molecule has 120 valence electrons. The van der Waals surface area contributed by atoms with Crippen LogP contribution in [0.15, 0.2) is 29.1 Å². The average molecular weight is 338 g/mol. The molecule has 0 bridgehead atoms. The van der Waals surface area contributed by atoms with E-state index < -0.39 is 0 Å². The Balaban J connectivity index is 1.87. The highest BCUT2D eigenvalue weighted by molar-refractivity contribution is 7.19. The van der Waals surface area contributed by atoms with Gasteiger partial charge in [0.2, 0.25) is 0 Å². The minimum absolute atomic E-state index is 0.105. The Hall–Kier alpha value is -2.67. The van der Waals surface area contributed by atoms with Crippen molar-refractivity contribution in [1.29, 1.82) is 0 Å². The van der Waals surface area contributed by atoms with Gasteiger partial charge in [0.05, 0.1) is 10.9 Å². The van der Waals surface area contributed by atoms with E-state index in [1.54, 1.807) is 29.5 Å². The maximum Gasteiger partial charge on any atom is 0.349 e. The van der Waals surface area contributed by atoms with E-state index in [1.165, 1.54) is 21.4 Å². The first kappa shape index (κ1) is 13.7. The van der Waals surface area contributed by atoms with E-state index in [-0.39, 0.29) is 11.4 Å². The minimum Gasteiger partial charge on any atom is -0.507 e. The predicted molar refractivity (Wildman–Crippen MR) is 92.7 cm³/mol. The molecular formula is C17H14N4O2S. The third-order valence-corrected chi connectivity index (χ3v) is 5.77. The van der Waals surface area contributed by atoms with Crippen molar-refractivity contribution in [3.63, 3.8) is 0 Å². The van der Waals surface area contributed by atoms with Crippen molar-refractivity contribution in [2.75, 3.05) is 0 Å². The zero-order valence-corrected chi connectivity index (χ0v) is 13.6. The molecule has 0 spiro atoms. The molecule has 7 heteroatoms. The number of rotatable bonds is 1. The van der Waals surface area contributed by atoms with Crippen molar-refractivity contribution in [1.82, 2.24) is 19.6 Å². The number of H-pyrrole nitrogens is 1. The Morgan fingerprint density at radius 1 is 1.21 bits per heavy atom. The first-order valence-corrected chi connectivity index (χ1v) is 8.75. The van der Waals surface area contributed by atoms with Gasteiger partial charge in [0.15, 0.2) is 11.5 Å². The predicted octanol–water partition coefficient (Wildman–Crippen LogP) is 2.88. The van der Waals surface area contributed by atoms with Crippen molar-refractivity contribution in [3.05, 3.63) is 45.2 Å². The number of aromatic nitrogens is 4. The maximum absolute atomic E-state index is 12.4. The molecule has 1 aromatic carbocycles. The number of para-hydroxylation sites is 1. The summed E-state index contributed by atoms with van der Waals surface area (Å²) < 4.78 is 1.31. The Morgan fingerprint density at radius 2 is 2.04 bits per heavy atom. The summed E-state index contributed by atoms with van der Waals surface area (Å²) in [5.74, 6) is 0.468. The van der Waals surface area contributed by atoms with Gasteiger partial charge in [-0.25, -0.2) is 9.78 Å². The molecule has 0 unspecified atom stereocenters. The number of fused-ring (bicyclic) bond motifs is 5. The topological polar surface area (TPSA) is 83.3 Å². The van der Waals surface area contributed by atoms with Crippen molar-refractivity contribution >= 4 is 27.2 Å². The molecular weight excluding hydrogens is 324 g/mol. The maximum atomic E-state index is 12.4. The summed E-state index contributed by atoms with van der Waals surface area (Å²) in [6.07, 6.45) is 4.42. The van der Waals surface area contributed by atoms with Crippen LogP contribution in [0.1, 0.15) is 23.3 Å². The summed E-state index contributed by atoms with van der Waals surface area (Å²) in [5, 5.41) is 15.4. The van der Waals surface area contributed by atoms with Gasteiger partial charge in [0.25, 0.3) is 0 Å². The first-order chi connectivity index (χ1) is 11.7. The van der Waals surface area contributed by atoms with E-state index in [4.69, 9.17) is 0 Å². The van der Waals surface area contributed by atoms with Gasteiger partial charge in [-0.05, 0) is 43.4 Å². The Morgan fingerprint density at radius 3 is 2.92 bits per heavy atom. The molecule has 1 aliphatic carbocycles. The fourth-order valence-electron chi connectivity index (χ4n) is 3.43. The van der Waals surface area contributed by atoms with Crippen LogP contribution in [0.3, 0.4) is 0 Å².